The zero-order valence-corrected chi connectivity index (χ0v) is 14.2. The van der Waals surface area contributed by atoms with Crippen LogP contribution in [-0.2, 0) is 11.2 Å². The van der Waals surface area contributed by atoms with Crippen LogP contribution in [-0.4, -0.2) is 23.9 Å². The van der Waals surface area contributed by atoms with E-state index < -0.39 is 6.04 Å². The summed E-state index contributed by atoms with van der Waals surface area (Å²) >= 11 is 0. The van der Waals surface area contributed by atoms with Crippen LogP contribution in [0.25, 0.3) is 0 Å². The monoisotopic (exact) mass is 334 g/mol. The Kier molecular flexibility index (Phi) is 4.26. The van der Waals surface area contributed by atoms with Gasteiger partial charge in [0.1, 0.15) is 6.04 Å². The molecule has 0 aromatic heterocycles. The summed E-state index contributed by atoms with van der Waals surface area (Å²) in [5.41, 5.74) is 2.51. The van der Waals surface area contributed by atoms with Crippen molar-refractivity contribution < 1.29 is 9.59 Å². The predicted molar refractivity (Wildman–Crippen MR) is 97.6 cm³/mol. The summed E-state index contributed by atoms with van der Waals surface area (Å²) in [6, 6.07) is 16.8. The molecule has 0 bridgehead atoms. The number of carbonyl (C=O) groups excluding carboxylic acids is 2. The second-order valence-corrected chi connectivity index (χ2v) is 6.88. The maximum absolute atomic E-state index is 13.1. The van der Waals surface area contributed by atoms with Gasteiger partial charge in [0.2, 0.25) is 5.91 Å². The number of para-hydroxylation sites is 1. The van der Waals surface area contributed by atoms with Gasteiger partial charge in [-0.1, -0.05) is 49.2 Å². The van der Waals surface area contributed by atoms with Crippen molar-refractivity contribution in [1.82, 2.24) is 5.32 Å². The summed E-state index contributed by atoms with van der Waals surface area (Å²) in [6.45, 7) is 0. The van der Waals surface area contributed by atoms with Gasteiger partial charge in [0.25, 0.3) is 5.91 Å². The molecule has 2 aliphatic rings. The number of hydrogen-bond donors (Lipinski definition) is 1. The van der Waals surface area contributed by atoms with Gasteiger partial charge in [-0.2, -0.15) is 0 Å². The average molecular weight is 334 g/mol. The number of fused-ring (bicyclic) bond motifs is 1. The molecular formula is C21H22N2O2. The molecule has 4 heteroatoms. The lowest BCUT2D eigenvalue weighted by Crippen LogP contribution is -2.50. The molecule has 4 rings (SSSR count). The lowest BCUT2D eigenvalue weighted by atomic mass is 10.1. The molecule has 2 amide bonds. The highest BCUT2D eigenvalue weighted by Gasteiger charge is 2.39. The zero-order chi connectivity index (χ0) is 17.2. The zero-order valence-electron chi connectivity index (χ0n) is 14.2. The van der Waals surface area contributed by atoms with E-state index in [0.29, 0.717) is 12.0 Å². The number of nitrogens with zero attached hydrogens (tertiary/aromatic N) is 1. The molecule has 2 aromatic rings. The van der Waals surface area contributed by atoms with E-state index in [1.165, 1.54) is 12.8 Å². The summed E-state index contributed by atoms with van der Waals surface area (Å²) in [5.74, 6) is -0.149. The fourth-order valence-electron chi connectivity index (χ4n) is 3.93. The first kappa shape index (κ1) is 15.9. The number of anilines is 1. The molecular weight excluding hydrogens is 312 g/mol. The van der Waals surface area contributed by atoms with Crippen LogP contribution in [0, 0.1) is 0 Å². The number of benzene rings is 2. The Hall–Kier alpha value is -2.62. The molecule has 128 valence electrons. The van der Waals surface area contributed by atoms with Crippen molar-refractivity contribution in [3.05, 3.63) is 65.7 Å². The van der Waals surface area contributed by atoms with Crippen molar-refractivity contribution in [2.24, 2.45) is 0 Å². The highest BCUT2D eigenvalue weighted by atomic mass is 16.2. The largest absolute Gasteiger partial charge is 0.352 e. The summed E-state index contributed by atoms with van der Waals surface area (Å²) < 4.78 is 0. The van der Waals surface area contributed by atoms with E-state index in [0.717, 1.165) is 24.1 Å². The molecule has 0 spiro atoms. The third kappa shape index (κ3) is 3.04. The van der Waals surface area contributed by atoms with E-state index >= 15 is 0 Å². The van der Waals surface area contributed by atoms with E-state index in [-0.39, 0.29) is 17.9 Å². The Balaban J connectivity index is 1.63. The first-order valence-corrected chi connectivity index (χ1v) is 9.01. The highest BCUT2D eigenvalue weighted by molar-refractivity contribution is 6.11. The van der Waals surface area contributed by atoms with Crippen molar-refractivity contribution in [3.8, 4) is 0 Å². The maximum Gasteiger partial charge on any atom is 0.259 e. The van der Waals surface area contributed by atoms with Crippen LogP contribution in [0.4, 0.5) is 5.69 Å². The average Bonchev–Trinajstić information content (AvgIpc) is 3.29. The smallest absolute Gasteiger partial charge is 0.259 e. The Labute approximate surface area is 147 Å². The van der Waals surface area contributed by atoms with Crippen LogP contribution < -0.4 is 10.2 Å². The standard InChI is InChI=1S/C21H22N2O2/c24-20(22-17-11-5-6-12-17)19-14-16-10-4-7-13-18(16)23(19)21(25)15-8-2-1-3-9-15/h1-4,7-10,13,17,19H,5-6,11-12,14H2,(H,22,24)/t19-/m0/s1. The molecule has 4 nitrogen and oxygen atoms in total. The molecule has 0 saturated heterocycles. The number of hydrogen-bond acceptors (Lipinski definition) is 2. The topological polar surface area (TPSA) is 49.4 Å². The van der Waals surface area contributed by atoms with Crippen molar-refractivity contribution >= 4 is 17.5 Å². The summed E-state index contributed by atoms with van der Waals surface area (Å²) in [7, 11) is 0. The predicted octanol–water partition coefficient (Wildman–Crippen LogP) is 3.32. The highest BCUT2D eigenvalue weighted by Crippen LogP contribution is 2.33. The minimum absolute atomic E-state index is 0.0348. The van der Waals surface area contributed by atoms with Gasteiger partial charge in [0, 0.05) is 23.7 Å². The van der Waals surface area contributed by atoms with Gasteiger partial charge in [-0.25, -0.2) is 0 Å². The lowest BCUT2D eigenvalue weighted by Gasteiger charge is -2.26. The molecule has 1 atom stereocenters. The molecule has 0 unspecified atom stereocenters. The van der Waals surface area contributed by atoms with Crippen LogP contribution >= 0.6 is 0 Å². The molecule has 25 heavy (non-hydrogen) atoms. The van der Waals surface area contributed by atoms with Crippen molar-refractivity contribution in [2.45, 2.75) is 44.2 Å². The fourth-order valence-corrected chi connectivity index (χ4v) is 3.93. The Morgan fingerprint density at radius 1 is 0.920 bits per heavy atom. The second-order valence-electron chi connectivity index (χ2n) is 6.88. The molecule has 2 aromatic carbocycles. The van der Waals surface area contributed by atoms with E-state index in [1.807, 2.05) is 42.5 Å². The SMILES string of the molecule is O=C(NC1CCCC1)[C@@H]1Cc2ccccc2N1C(=O)c1ccccc1. The first-order chi connectivity index (χ1) is 12.2. The number of amides is 2. The second kappa shape index (κ2) is 6.71. The van der Waals surface area contributed by atoms with Gasteiger partial charge in [0.05, 0.1) is 0 Å². The summed E-state index contributed by atoms with van der Waals surface area (Å²) in [5, 5.41) is 3.16. The Morgan fingerprint density at radius 2 is 1.60 bits per heavy atom. The first-order valence-electron chi connectivity index (χ1n) is 9.01. The van der Waals surface area contributed by atoms with Gasteiger partial charge in [-0.3, -0.25) is 14.5 Å². The van der Waals surface area contributed by atoms with Gasteiger partial charge >= 0.3 is 0 Å². The third-order valence-corrected chi connectivity index (χ3v) is 5.22. The number of carbonyl (C=O) groups is 2. The molecule has 1 aliphatic heterocycles. The van der Waals surface area contributed by atoms with Crippen LogP contribution in [0.2, 0.25) is 0 Å². The van der Waals surface area contributed by atoms with Crippen molar-refractivity contribution in [3.63, 3.8) is 0 Å². The number of rotatable bonds is 3. The van der Waals surface area contributed by atoms with Crippen LogP contribution in [0.5, 0.6) is 0 Å². The van der Waals surface area contributed by atoms with Gasteiger partial charge < -0.3 is 5.32 Å². The molecule has 1 N–H and O–H groups in total. The lowest BCUT2D eigenvalue weighted by molar-refractivity contribution is -0.122. The Bertz CT molecular complexity index is 781. The molecule has 1 saturated carbocycles. The molecule has 1 aliphatic carbocycles. The van der Waals surface area contributed by atoms with Crippen LogP contribution in [0.1, 0.15) is 41.6 Å². The summed E-state index contributed by atoms with van der Waals surface area (Å²) in [4.78, 5) is 27.7. The fraction of sp³-hybridized carbons (Fsp3) is 0.333. The molecule has 0 radical (unpaired) electrons. The van der Waals surface area contributed by atoms with E-state index in [1.54, 1.807) is 17.0 Å². The summed E-state index contributed by atoms with van der Waals surface area (Å²) in [6.07, 6.45) is 4.99. The van der Waals surface area contributed by atoms with E-state index in [4.69, 9.17) is 0 Å². The van der Waals surface area contributed by atoms with Gasteiger partial charge in [-0.15, -0.1) is 0 Å². The molecule has 1 fully saturated rings. The quantitative estimate of drug-likeness (QED) is 0.936. The normalized spacial score (nSPS) is 19.7. The minimum Gasteiger partial charge on any atom is -0.352 e. The van der Waals surface area contributed by atoms with E-state index in [2.05, 4.69) is 5.32 Å². The van der Waals surface area contributed by atoms with Crippen LogP contribution in [0.3, 0.4) is 0 Å². The third-order valence-electron chi connectivity index (χ3n) is 5.22. The van der Waals surface area contributed by atoms with E-state index in [9.17, 15) is 9.59 Å². The molecule has 1 heterocycles. The van der Waals surface area contributed by atoms with Crippen molar-refractivity contribution in [1.29, 1.82) is 0 Å². The number of nitrogens with one attached hydrogen (secondary N) is 1. The van der Waals surface area contributed by atoms with Gasteiger partial charge in [-0.05, 0) is 36.6 Å². The minimum atomic E-state index is -0.467. The maximum atomic E-state index is 13.1. The Morgan fingerprint density at radius 3 is 2.36 bits per heavy atom. The van der Waals surface area contributed by atoms with Gasteiger partial charge in [0.15, 0.2) is 0 Å². The van der Waals surface area contributed by atoms with Crippen molar-refractivity contribution in [2.75, 3.05) is 4.90 Å². The van der Waals surface area contributed by atoms with Crippen LogP contribution in [0.15, 0.2) is 54.6 Å².